The van der Waals surface area contributed by atoms with Crippen molar-refractivity contribution in [1.29, 1.82) is 0 Å². The van der Waals surface area contributed by atoms with E-state index in [1.54, 1.807) is 11.9 Å². The minimum Gasteiger partial charge on any atom is -0.492 e. The van der Waals surface area contributed by atoms with E-state index in [1.807, 2.05) is 55.5 Å². The average molecular weight is 441 g/mol. The molecule has 0 unspecified atom stereocenters. The fourth-order valence-corrected chi connectivity index (χ4v) is 3.44. The number of hydrogen-bond donors (Lipinski definition) is 2. The molecule has 2 aromatic rings. The summed E-state index contributed by atoms with van der Waals surface area (Å²) in [6.45, 7) is 6.26. The Morgan fingerprint density at radius 2 is 1.78 bits per heavy atom. The molecule has 0 atom stereocenters. The summed E-state index contributed by atoms with van der Waals surface area (Å²) in [7, 11) is 1.74. The Labute approximate surface area is 189 Å². The highest BCUT2D eigenvalue weighted by molar-refractivity contribution is 5.92. The lowest BCUT2D eigenvalue weighted by Crippen LogP contribution is -2.40. The van der Waals surface area contributed by atoms with Crippen LogP contribution < -0.4 is 20.3 Å². The summed E-state index contributed by atoms with van der Waals surface area (Å²) >= 11 is 0. The number of nitrogens with one attached hydrogen (secondary N) is 2. The van der Waals surface area contributed by atoms with E-state index in [4.69, 9.17) is 9.47 Å². The fraction of sp³-hybridized carbons (Fsp3) is 0.417. The summed E-state index contributed by atoms with van der Waals surface area (Å²) in [5, 5.41) is 5.68. The summed E-state index contributed by atoms with van der Waals surface area (Å²) in [6.07, 6.45) is 0. The zero-order chi connectivity index (χ0) is 22.8. The maximum Gasteiger partial charge on any atom is 0.238 e. The molecule has 1 fully saturated rings. The first-order valence-corrected chi connectivity index (χ1v) is 10.9. The van der Waals surface area contributed by atoms with Crippen LogP contribution in [0.25, 0.3) is 0 Å². The first-order valence-electron chi connectivity index (χ1n) is 10.9. The van der Waals surface area contributed by atoms with Crippen molar-refractivity contribution in [2.45, 2.75) is 6.92 Å². The van der Waals surface area contributed by atoms with Gasteiger partial charge in [-0.2, -0.15) is 0 Å². The third-order valence-electron chi connectivity index (χ3n) is 5.04. The molecule has 0 saturated carbocycles. The standard InChI is InChI=1S/C24H32N4O4/c1-19-4-3-5-22(16-19)32-13-10-25-23(29)17-27(2)18-24(30)26-20-6-8-21(9-7-20)28-11-14-31-15-12-28/h3-9,16H,10-15,17-18H2,1-2H3,(H,25,29)(H,26,30). The van der Waals surface area contributed by atoms with Crippen LogP contribution in [0.15, 0.2) is 48.5 Å². The maximum absolute atomic E-state index is 12.3. The predicted molar refractivity (Wildman–Crippen MR) is 125 cm³/mol. The molecule has 0 aromatic heterocycles. The van der Waals surface area contributed by atoms with E-state index in [0.717, 1.165) is 49.0 Å². The monoisotopic (exact) mass is 440 g/mol. The Hall–Kier alpha value is -3.10. The van der Waals surface area contributed by atoms with E-state index in [2.05, 4.69) is 15.5 Å². The number of hydrogen-bond acceptors (Lipinski definition) is 6. The Balaban J connectivity index is 1.32. The van der Waals surface area contributed by atoms with Gasteiger partial charge in [-0.25, -0.2) is 0 Å². The third kappa shape index (κ3) is 7.86. The fourth-order valence-electron chi connectivity index (χ4n) is 3.44. The highest BCUT2D eigenvalue weighted by atomic mass is 16.5. The normalized spacial score (nSPS) is 13.7. The second-order valence-electron chi connectivity index (χ2n) is 7.88. The van der Waals surface area contributed by atoms with Gasteiger partial charge in [0.1, 0.15) is 12.4 Å². The molecule has 8 heteroatoms. The molecule has 1 saturated heterocycles. The molecule has 0 spiro atoms. The van der Waals surface area contributed by atoms with Gasteiger partial charge in [0.2, 0.25) is 11.8 Å². The number of benzene rings is 2. The number of carbonyl (C=O) groups excluding carboxylic acids is 2. The van der Waals surface area contributed by atoms with E-state index in [-0.39, 0.29) is 24.9 Å². The Morgan fingerprint density at radius 1 is 1.06 bits per heavy atom. The van der Waals surface area contributed by atoms with Crippen LogP contribution in [-0.4, -0.2) is 76.3 Å². The van der Waals surface area contributed by atoms with Gasteiger partial charge in [-0.1, -0.05) is 12.1 Å². The van der Waals surface area contributed by atoms with Gasteiger partial charge >= 0.3 is 0 Å². The highest BCUT2D eigenvalue weighted by Crippen LogP contribution is 2.19. The predicted octanol–water partition coefficient (Wildman–Crippen LogP) is 1.90. The number of nitrogens with zero attached hydrogens (tertiary/aromatic N) is 2. The number of aryl methyl sites for hydroxylation is 1. The van der Waals surface area contributed by atoms with E-state index in [9.17, 15) is 9.59 Å². The first kappa shape index (κ1) is 23.6. The number of likely N-dealkylation sites (N-methyl/N-ethyl adjacent to an activating group) is 1. The maximum atomic E-state index is 12.3. The van der Waals surface area contributed by atoms with Gasteiger partial charge < -0.3 is 25.0 Å². The van der Waals surface area contributed by atoms with Crippen LogP contribution in [0.2, 0.25) is 0 Å². The van der Waals surface area contributed by atoms with Crippen molar-refractivity contribution in [2.24, 2.45) is 0 Å². The van der Waals surface area contributed by atoms with Crippen LogP contribution in [-0.2, 0) is 14.3 Å². The van der Waals surface area contributed by atoms with Crippen LogP contribution in [0.4, 0.5) is 11.4 Å². The Morgan fingerprint density at radius 3 is 2.50 bits per heavy atom. The van der Waals surface area contributed by atoms with Crippen molar-refractivity contribution in [1.82, 2.24) is 10.2 Å². The molecule has 2 N–H and O–H groups in total. The molecule has 0 radical (unpaired) electrons. The topological polar surface area (TPSA) is 83.1 Å². The third-order valence-corrected chi connectivity index (χ3v) is 5.04. The molecule has 0 bridgehead atoms. The highest BCUT2D eigenvalue weighted by Gasteiger charge is 2.13. The van der Waals surface area contributed by atoms with Crippen LogP contribution in [0.5, 0.6) is 5.75 Å². The number of amides is 2. The van der Waals surface area contributed by atoms with Crippen molar-refractivity contribution in [3.8, 4) is 5.75 Å². The summed E-state index contributed by atoms with van der Waals surface area (Å²) in [4.78, 5) is 28.3. The second-order valence-corrected chi connectivity index (χ2v) is 7.88. The number of anilines is 2. The molecule has 1 aliphatic heterocycles. The summed E-state index contributed by atoms with van der Waals surface area (Å²) in [6, 6.07) is 15.5. The molecule has 1 heterocycles. The largest absolute Gasteiger partial charge is 0.492 e. The quantitative estimate of drug-likeness (QED) is 0.549. The minimum absolute atomic E-state index is 0.123. The van der Waals surface area contributed by atoms with Gasteiger partial charge in [0.05, 0.1) is 32.8 Å². The van der Waals surface area contributed by atoms with Crippen molar-refractivity contribution in [2.75, 3.05) is 69.8 Å². The van der Waals surface area contributed by atoms with Gasteiger partial charge in [-0.15, -0.1) is 0 Å². The summed E-state index contributed by atoms with van der Waals surface area (Å²) in [5.41, 5.74) is 2.98. The molecule has 2 amide bonds. The molecule has 172 valence electrons. The molecule has 8 nitrogen and oxygen atoms in total. The lowest BCUT2D eigenvalue weighted by atomic mass is 10.2. The second kappa shape index (κ2) is 12.1. The lowest BCUT2D eigenvalue weighted by Gasteiger charge is -2.28. The van der Waals surface area contributed by atoms with Gasteiger partial charge in [-0.3, -0.25) is 14.5 Å². The summed E-state index contributed by atoms with van der Waals surface area (Å²) < 4.78 is 11.0. The van der Waals surface area contributed by atoms with Crippen LogP contribution >= 0.6 is 0 Å². The van der Waals surface area contributed by atoms with E-state index >= 15 is 0 Å². The molecule has 1 aliphatic rings. The molecule has 0 aliphatic carbocycles. The van der Waals surface area contributed by atoms with Gasteiger partial charge in [0, 0.05) is 24.5 Å². The van der Waals surface area contributed by atoms with Crippen molar-refractivity contribution in [3.63, 3.8) is 0 Å². The molecular formula is C24H32N4O4. The average Bonchev–Trinajstić information content (AvgIpc) is 2.78. The zero-order valence-electron chi connectivity index (χ0n) is 18.8. The number of rotatable bonds is 10. The van der Waals surface area contributed by atoms with Gasteiger partial charge in [0.15, 0.2) is 0 Å². The van der Waals surface area contributed by atoms with Crippen LogP contribution in [0, 0.1) is 6.92 Å². The number of ether oxygens (including phenoxy) is 2. The molecule has 2 aromatic carbocycles. The summed E-state index contributed by atoms with van der Waals surface area (Å²) in [5.74, 6) is 0.469. The minimum atomic E-state index is -0.165. The molecular weight excluding hydrogens is 408 g/mol. The van der Waals surface area contributed by atoms with Crippen LogP contribution in [0.3, 0.4) is 0 Å². The van der Waals surface area contributed by atoms with Crippen molar-refractivity contribution >= 4 is 23.2 Å². The Bertz CT molecular complexity index is 882. The zero-order valence-corrected chi connectivity index (χ0v) is 18.8. The number of carbonyl (C=O) groups is 2. The van der Waals surface area contributed by atoms with Crippen molar-refractivity contribution in [3.05, 3.63) is 54.1 Å². The SMILES string of the molecule is Cc1cccc(OCCNC(=O)CN(C)CC(=O)Nc2ccc(N3CCOCC3)cc2)c1. The van der Waals surface area contributed by atoms with Crippen LogP contribution in [0.1, 0.15) is 5.56 Å². The van der Waals surface area contributed by atoms with Gasteiger partial charge in [-0.05, 0) is 55.9 Å². The van der Waals surface area contributed by atoms with E-state index in [0.29, 0.717) is 13.2 Å². The smallest absolute Gasteiger partial charge is 0.238 e. The number of morpholine rings is 1. The van der Waals surface area contributed by atoms with Crippen molar-refractivity contribution < 1.29 is 19.1 Å². The first-order chi connectivity index (χ1) is 15.5. The van der Waals surface area contributed by atoms with E-state index < -0.39 is 0 Å². The lowest BCUT2D eigenvalue weighted by molar-refractivity contribution is -0.123. The molecule has 32 heavy (non-hydrogen) atoms. The Kier molecular flexibility index (Phi) is 8.89. The molecule has 3 rings (SSSR count). The van der Waals surface area contributed by atoms with E-state index in [1.165, 1.54) is 0 Å². The van der Waals surface area contributed by atoms with Gasteiger partial charge in [0.25, 0.3) is 0 Å².